The van der Waals surface area contributed by atoms with Crippen LogP contribution in [0.15, 0.2) is 48.8 Å². The Morgan fingerprint density at radius 2 is 1.59 bits per heavy atom. The van der Waals surface area contributed by atoms with Crippen LogP contribution in [0, 0.1) is 11.8 Å². The second-order valence-electron chi connectivity index (χ2n) is 8.86. The zero-order valence-corrected chi connectivity index (χ0v) is 18.7. The average Bonchev–Trinajstić information content (AvgIpc) is 3.08. The lowest BCUT2D eigenvalue weighted by Gasteiger charge is -2.24. The quantitative estimate of drug-likeness (QED) is 0.595. The van der Waals surface area contributed by atoms with Crippen LogP contribution in [-0.2, 0) is 33.9 Å². The van der Waals surface area contributed by atoms with Gasteiger partial charge in [-0.05, 0) is 42.0 Å². The third-order valence-corrected chi connectivity index (χ3v) is 6.74. The molecule has 1 aliphatic heterocycles. The van der Waals surface area contributed by atoms with E-state index in [1.54, 1.807) is 17.3 Å². The van der Waals surface area contributed by atoms with Crippen LogP contribution in [0.3, 0.4) is 0 Å². The Morgan fingerprint density at radius 3 is 2.19 bits per heavy atom. The Morgan fingerprint density at radius 1 is 0.969 bits per heavy atom. The van der Waals surface area contributed by atoms with Crippen molar-refractivity contribution >= 4 is 17.7 Å². The minimum Gasteiger partial charge on any atom is -0.334 e. The van der Waals surface area contributed by atoms with Gasteiger partial charge in [0.2, 0.25) is 17.7 Å². The van der Waals surface area contributed by atoms with E-state index in [-0.39, 0.29) is 42.5 Å². The van der Waals surface area contributed by atoms with E-state index in [1.807, 2.05) is 12.1 Å². The Kier molecular flexibility index (Phi) is 6.98. The molecule has 32 heavy (non-hydrogen) atoms. The van der Waals surface area contributed by atoms with Gasteiger partial charge in [-0.25, -0.2) is 0 Å². The summed E-state index contributed by atoms with van der Waals surface area (Å²) in [5, 5.41) is 0. The topological polar surface area (TPSA) is 70.6 Å². The lowest BCUT2D eigenvalue weighted by molar-refractivity contribution is -0.141. The fraction of sp³-hybridized carbons (Fsp3) is 0.462. The maximum Gasteiger partial charge on any atom is 0.233 e. The third-order valence-electron chi connectivity index (χ3n) is 6.74. The van der Waals surface area contributed by atoms with Crippen molar-refractivity contribution in [3.8, 4) is 0 Å². The highest BCUT2D eigenvalue weighted by Gasteiger charge is 2.47. The molecular formula is C26H31N3O3. The zero-order valence-electron chi connectivity index (χ0n) is 18.7. The number of rotatable bonds is 8. The van der Waals surface area contributed by atoms with Crippen molar-refractivity contribution in [3.05, 3.63) is 65.5 Å². The summed E-state index contributed by atoms with van der Waals surface area (Å²) in [5.74, 6) is -0.573. The third kappa shape index (κ3) is 4.90. The molecule has 1 aromatic carbocycles. The molecule has 2 unspecified atom stereocenters. The number of hydrogen-bond acceptors (Lipinski definition) is 4. The Hall–Kier alpha value is -3.02. The number of amides is 3. The lowest BCUT2D eigenvalue weighted by atomic mass is 9.81. The fourth-order valence-corrected chi connectivity index (χ4v) is 4.86. The predicted octanol–water partition coefficient (Wildman–Crippen LogP) is 3.74. The van der Waals surface area contributed by atoms with E-state index in [0.717, 1.165) is 43.2 Å². The highest BCUT2D eigenvalue weighted by Crippen LogP contribution is 2.38. The van der Waals surface area contributed by atoms with Crippen molar-refractivity contribution < 1.29 is 14.4 Å². The van der Waals surface area contributed by atoms with E-state index in [9.17, 15) is 14.4 Å². The summed E-state index contributed by atoms with van der Waals surface area (Å²) in [4.78, 5) is 46.0. The van der Waals surface area contributed by atoms with Gasteiger partial charge in [0.25, 0.3) is 0 Å². The molecule has 3 amide bonds. The number of nitrogens with zero attached hydrogens (tertiary/aromatic N) is 3. The van der Waals surface area contributed by atoms with Gasteiger partial charge >= 0.3 is 0 Å². The molecule has 4 rings (SSSR count). The fourth-order valence-electron chi connectivity index (χ4n) is 4.86. The first kappa shape index (κ1) is 22.2. The number of fused-ring (bicyclic) bond motifs is 1. The second-order valence-corrected chi connectivity index (χ2v) is 8.86. The second kappa shape index (κ2) is 10.1. The normalized spacial score (nSPS) is 20.3. The van der Waals surface area contributed by atoms with Crippen LogP contribution in [0.5, 0.6) is 0 Å². The Bertz CT molecular complexity index is 934. The first-order valence-corrected chi connectivity index (χ1v) is 11.7. The standard InChI is InChI=1S/C26H31N3O3/c1-2-19-9-11-20(12-10-19)17-28(18-21-6-5-14-27-16-21)24(30)13-15-29-25(31)22-7-3-4-8-23(22)26(29)32/h5-6,9-12,14,16,22-23H,2-4,7-8,13,15,17-18H2,1H3. The van der Waals surface area contributed by atoms with Crippen LogP contribution in [0.1, 0.15) is 55.7 Å². The molecule has 1 aliphatic carbocycles. The van der Waals surface area contributed by atoms with E-state index in [4.69, 9.17) is 0 Å². The van der Waals surface area contributed by atoms with Crippen LogP contribution in [0.25, 0.3) is 0 Å². The van der Waals surface area contributed by atoms with E-state index >= 15 is 0 Å². The number of pyridine rings is 1. The Balaban J connectivity index is 1.44. The molecule has 2 heterocycles. The molecule has 1 saturated heterocycles. The lowest BCUT2D eigenvalue weighted by Crippen LogP contribution is -2.37. The highest BCUT2D eigenvalue weighted by atomic mass is 16.2. The van der Waals surface area contributed by atoms with Crippen molar-refractivity contribution in [1.29, 1.82) is 0 Å². The molecule has 0 bridgehead atoms. The molecule has 2 fully saturated rings. The van der Waals surface area contributed by atoms with Gasteiger partial charge in [-0.15, -0.1) is 0 Å². The smallest absolute Gasteiger partial charge is 0.233 e. The summed E-state index contributed by atoms with van der Waals surface area (Å²) in [6.07, 6.45) is 8.18. The van der Waals surface area contributed by atoms with Gasteiger partial charge in [0, 0.05) is 38.4 Å². The van der Waals surface area contributed by atoms with Crippen LogP contribution in [-0.4, -0.2) is 39.1 Å². The molecule has 2 aromatic rings. The summed E-state index contributed by atoms with van der Waals surface area (Å²) in [6, 6.07) is 12.1. The van der Waals surface area contributed by atoms with Crippen molar-refractivity contribution in [2.75, 3.05) is 6.54 Å². The minimum absolute atomic E-state index is 0.0658. The number of imide groups is 1. The summed E-state index contributed by atoms with van der Waals surface area (Å²) in [7, 11) is 0. The van der Waals surface area contributed by atoms with Gasteiger partial charge in [-0.3, -0.25) is 24.3 Å². The summed E-state index contributed by atoms with van der Waals surface area (Å²) >= 11 is 0. The van der Waals surface area contributed by atoms with Gasteiger partial charge in [0.1, 0.15) is 0 Å². The first-order chi connectivity index (χ1) is 15.6. The zero-order chi connectivity index (χ0) is 22.5. The molecule has 6 heteroatoms. The van der Waals surface area contributed by atoms with E-state index in [1.165, 1.54) is 10.5 Å². The van der Waals surface area contributed by atoms with Gasteiger partial charge in [0.15, 0.2) is 0 Å². The number of aryl methyl sites for hydroxylation is 1. The maximum atomic E-state index is 13.2. The molecule has 1 saturated carbocycles. The van der Waals surface area contributed by atoms with Crippen molar-refractivity contribution in [2.45, 2.75) is 58.5 Å². The molecule has 2 atom stereocenters. The monoisotopic (exact) mass is 433 g/mol. The van der Waals surface area contributed by atoms with Gasteiger partial charge in [-0.1, -0.05) is 50.1 Å². The number of likely N-dealkylation sites (tertiary alicyclic amines) is 1. The number of benzene rings is 1. The Labute approximate surface area is 189 Å². The van der Waals surface area contributed by atoms with Crippen LogP contribution in [0.4, 0.5) is 0 Å². The van der Waals surface area contributed by atoms with E-state index < -0.39 is 0 Å². The number of aromatic nitrogens is 1. The van der Waals surface area contributed by atoms with Crippen LogP contribution in [0.2, 0.25) is 0 Å². The molecule has 1 aromatic heterocycles. The summed E-state index contributed by atoms with van der Waals surface area (Å²) < 4.78 is 0. The number of carbonyl (C=O) groups excluding carboxylic acids is 3. The van der Waals surface area contributed by atoms with Gasteiger partial charge < -0.3 is 4.90 Å². The van der Waals surface area contributed by atoms with Crippen LogP contribution < -0.4 is 0 Å². The molecule has 2 aliphatic rings. The summed E-state index contributed by atoms with van der Waals surface area (Å²) in [6.45, 7) is 3.20. The molecule has 0 N–H and O–H groups in total. The van der Waals surface area contributed by atoms with Gasteiger partial charge in [0.05, 0.1) is 11.8 Å². The molecular weight excluding hydrogens is 402 g/mol. The number of hydrogen-bond donors (Lipinski definition) is 0. The summed E-state index contributed by atoms with van der Waals surface area (Å²) in [5.41, 5.74) is 3.26. The molecule has 0 radical (unpaired) electrons. The largest absolute Gasteiger partial charge is 0.334 e. The molecule has 0 spiro atoms. The van der Waals surface area contributed by atoms with Crippen molar-refractivity contribution in [1.82, 2.24) is 14.8 Å². The van der Waals surface area contributed by atoms with E-state index in [0.29, 0.717) is 13.1 Å². The molecule has 6 nitrogen and oxygen atoms in total. The van der Waals surface area contributed by atoms with Crippen LogP contribution >= 0.6 is 0 Å². The number of carbonyl (C=O) groups is 3. The van der Waals surface area contributed by atoms with E-state index in [2.05, 4.69) is 36.2 Å². The predicted molar refractivity (Wildman–Crippen MR) is 121 cm³/mol. The first-order valence-electron chi connectivity index (χ1n) is 11.7. The SMILES string of the molecule is CCc1ccc(CN(Cc2cccnc2)C(=O)CCN2C(=O)C3CCCCC3C2=O)cc1. The molecule has 168 valence electrons. The van der Waals surface area contributed by atoms with Gasteiger partial charge in [-0.2, -0.15) is 0 Å². The minimum atomic E-state index is -0.171. The van der Waals surface area contributed by atoms with Crippen molar-refractivity contribution in [2.24, 2.45) is 11.8 Å². The highest BCUT2D eigenvalue weighted by molar-refractivity contribution is 6.05. The average molecular weight is 434 g/mol. The van der Waals surface area contributed by atoms with Crippen molar-refractivity contribution in [3.63, 3.8) is 0 Å². The maximum absolute atomic E-state index is 13.2.